The van der Waals surface area contributed by atoms with Gasteiger partial charge in [-0.25, -0.2) is 0 Å². The second kappa shape index (κ2) is 4.35. The van der Waals surface area contributed by atoms with Crippen molar-refractivity contribution in [1.29, 1.82) is 0 Å². The molecule has 0 aliphatic heterocycles. The molecule has 1 aliphatic carbocycles. The van der Waals surface area contributed by atoms with E-state index in [9.17, 15) is 10.1 Å². The molecule has 4 nitrogen and oxygen atoms in total. The summed E-state index contributed by atoms with van der Waals surface area (Å²) < 4.78 is 0. The number of rotatable bonds is 4. The van der Waals surface area contributed by atoms with Gasteiger partial charge in [0.15, 0.2) is 0 Å². The monoisotopic (exact) mass is 248 g/mol. The van der Waals surface area contributed by atoms with Crippen molar-refractivity contribution in [2.24, 2.45) is 5.41 Å². The lowest BCUT2D eigenvalue weighted by atomic mass is 10.0. The minimum atomic E-state index is -0.313. The highest BCUT2D eigenvalue weighted by molar-refractivity contribution is 5.43. The molecule has 1 aliphatic rings. The Morgan fingerprint density at radius 1 is 1.50 bits per heavy atom. The zero-order valence-corrected chi connectivity index (χ0v) is 11.4. The van der Waals surface area contributed by atoms with Gasteiger partial charge in [0, 0.05) is 23.7 Å². The first-order chi connectivity index (χ1) is 8.31. The Labute approximate surface area is 108 Å². The van der Waals surface area contributed by atoms with Gasteiger partial charge in [-0.15, -0.1) is 0 Å². The second-order valence-corrected chi connectivity index (χ2v) is 5.94. The summed E-state index contributed by atoms with van der Waals surface area (Å²) in [5.74, 6) is 0. The number of aryl methyl sites for hydroxylation is 1. The van der Waals surface area contributed by atoms with Crippen LogP contribution < -0.4 is 5.32 Å². The summed E-state index contributed by atoms with van der Waals surface area (Å²) in [4.78, 5) is 10.6. The molecule has 0 bridgehead atoms. The molecule has 0 aromatic heterocycles. The van der Waals surface area contributed by atoms with E-state index in [1.54, 1.807) is 13.0 Å². The van der Waals surface area contributed by atoms with E-state index in [1.807, 2.05) is 12.1 Å². The molecule has 4 heteroatoms. The number of hydrogen-bond acceptors (Lipinski definition) is 3. The van der Waals surface area contributed by atoms with Crippen molar-refractivity contribution in [2.75, 3.05) is 0 Å². The molecule has 0 spiro atoms. The maximum absolute atomic E-state index is 10.9. The average molecular weight is 248 g/mol. The molecule has 98 valence electrons. The van der Waals surface area contributed by atoms with Crippen LogP contribution in [0.1, 0.15) is 44.4 Å². The zero-order valence-electron chi connectivity index (χ0n) is 11.4. The van der Waals surface area contributed by atoms with Crippen molar-refractivity contribution in [1.82, 2.24) is 5.32 Å². The first-order valence-corrected chi connectivity index (χ1v) is 6.32. The van der Waals surface area contributed by atoms with E-state index in [-0.39, 0.29) is 16.7 Å². The third-order valence-electron chi connectivity index (χ3n) is 3.89. The van der Waals surface area contributed by atoms with E-state index in [0.717, 1.165) is 5.56 Å². The summed E-state index contributed by atoms with van der Waals surface area (Å²) in [6.45, 7) is 8.29. The van der Waals surface area contributed by atoms with Gasteiger partial charge in [-0.2, -0.15) is 0 Å². The van der Waals surface area contributed by atoms with Gasteiger partial charge in [-0.05, 0) is 31.2 Å². The van der Waals surface area contributed by atoms with Crippen LogP contribution in [0.15, 0.2) is 18.2 Å². The highest BCUT2D eigenvalue weighted by Gasteiger charge is 2.45. The van der Waals surface area contributed by atoms with Gasteiger partial charge in [-0.1, -0.05) is 26.0 Å². The number of nitrogens with zero attached hydrogens (tertiary/aromatic N) is 1. The van der Waals surface area contributed by atoms with E-state index in [1.165, 1.54) is 6.42 Å². The van der Waals surface area contributed by atoms with E-state index in [0.29, 0.717) is 17.0 Å². The summed E-state index contributed by atoms with van der Waals surface area (Å²) in [6.07, 6.45) is 1.17. The molecule has 0 amide bonds. The fraction of sp³-hybridized carbons (Fsp3) is 0.571. The summed E-state index contributed by atoms with van der Waals surface area (Å²) in [6, 6.07) is 6.14. The standard InChI is InChI=1S/C14H20N2O2/c1-9-5-6-11(7-12(9)16(17)18)10(2)15-13-8-14(13,3)4/h5-7,10,13,15H,8H2,1-4H3. The average Bonchev–Trinajstić information content (AvgIpc) is 2.85. The predicted octanol–water partition coefficient (Wildman–Crippen LogP) is 3.35. The van der Waals surface area contributed by atoms with Crippen molar-refractivity contribution < 1.29 is 4.92 Å². The number of hydrogen-bond donors (Lipinski definition) is 1. The molecule has 2 atom stereocenters. The third-order valence-corrected chi connectivity index (χ3v) is 3.89. The minimum Gasteiger partial charge on any atom is -0.307 e. The largest absolute Gasteiger partial charge is 0.307 e. The van der Waals surface area contributed by atoms with Crippen LogP contribution in [-0.4, -0.2) is 11.0 Å². The first kappa shape index (κ1) is 13.0. The molecule has 0 saturated heterocycles. The molecule has 1 saturated carbocycles. The fourth-order valence-corrected chi connectivity index (χ4v) is 2.24. The van der Waals surface area contributed by atoms with Crippen LogP contribution in [0.4, 0.5) is 5.69 Å². The van der Waals surface area contributed by atoms with Gasteiger partial charge < -0.3 is 5.32 Å². The Hall–Kier alpha value is -1.42. The summed E-state index contributed by atoms with van der Waals surface area (Å²) in [5.41, 5.74) is 2.26. The number of nitro benzene ring substituents is 1. The molecule has 2 unspecified atom stereocenters. The zero-order chi connectivity index (χ0) is 13.5. The molecular formula is C14H20N2O2. The molecule has 1 N–H and O–H groups in total. The second-order valence-electron chi connectivity index (χ2n) is 5.94. The minimum absolute atomic E-state index is 0.149. The first-order valence-electron chi connectivity index (χ1n) is 6.32. The Morgan fingerprint density at radius 3 is 2.61 bits per heavy atom. The lowest BCUT2D eigenvalue weighted by Crippen LogP contribution is -2.24. The van der Waals surface area contributed by atoms with Crippen molar-refractivity contribution in [3.05, 3.63) is 39.4 Å². The van der Waals surface area contributed by atoms with Crippen molar-refractivity contribution >= 4 is 5.69 Å². The van der Waals surface area contributed by atoms with Gasteiger partial charge in [0.1, 0.15) is 0 Å². The van der Waals surface area contributed by atoms with Crippen LogP contribution >= 0.6 is 0 Å². The maximum Gasteiger partial charge on any atom is 0.272 e. The van der Waals surface area contributed by atoms with Gasteiger partial charge in [0.2, 0.25) is 0 Å². The van der Waals surface area contributed by atoms with Crippen LogP contribution in [0.2, 0.25) is 0 Å². The Bertz CT molecular complexity index is 483. The lowest BCUT2D eigenvalue weighted by Gasteiger charge is -2.15. The Kier molecular flexibility index (Phi) is 3.15. The summed E-state index contributed by atoms with van der Waals surface area (Å²) in [7, 11) is 0. The molecule has 0 heterocycles. The molecular weight excluding hydrogens is 228 g/mol. The summed E-state index contributed by atoms with van der Waals surface area (Å²) >= 11 is 0. The topological polar surface area (TPSA) is 55.2 Å². The predicted molar refractivity (Wildman–Crippen MR) is 71.6 cm³/mol. The van der Waals surface area contributed by atoms with Crippen molar-refractivity contribution in [3.8, 4) is 0 Å². The third kappa shape index (κ3) is 2.53. The molecule has 18 heavy (non-hydrogen) atoms. The van der Waals surface area contributed by atoms with Gasteiger partial charge >= 0.3 is 0 Å². The van der Waals surface area contributed by atoms with Crippen LogP contribution in [-0.2, 0) is 0 Å². The summed E-state index contributed by atoms with van der Waals surface area (Å²) in [5, 5.41) is 14.4. The van der Waals surface area contributed by atoms with Crippen LogP contribution in [0, 0.1) is 22.5 Å². The Balaban J connectivity index is 2.13. The van der Waals surface area contributed by atoms with E-state index in [2.05, 4.69) is 26.1 Å². The number of benzene rings is 1. The van der Waals surface area contributed by atoms with E-state index < -0.39 is 0 Å². The maximum atomic E-state index is 10.9. The van der Waals surface area contributed by atoms with Crippen LogP contribution in [0.25, 0.3) is 0 Å². The highest BCUT2D eigenvalue weighted by Crippen LogP contribution is 2.45. The normalized spacial score (nSPS) is 22.6. The molecule has 1 aromatic rings. The SMILES string of the molecule is Cc1ccc(C(C)NC2CC2(C)C)cc1[N+](=O)[O-]. The molecule has 1 aromatic carbocycles. The van der Waals surface area contributed by atoms with Gasteiger partial charge in [0.05, 0.1) is 4.92 Å². The van der Waals surface area contributed by atoms with Crippen molar-refractivity contribution in [2.45, 2.75) is 46.2 Å². The van der Waals surface area contributed by atoms with Crippen LogP contribution in [0.5, 0.6) is 0 Å². The number of nitrogens with one attached hydrogen (secondary N) is 1. The highest BCUT2D eigenvalue weighted by atomic mass is 16.6. The lowest BCUT2D eigenvalue weighted by molar-refractivity contribution is -0.385. The van der Waals surface area contributed by atoms with Gasteiger partial charge in [0.25, 0.3) is 5.69 Å². The fourth-order valence-electron chi connectivity index (χ4n) is 2.24. The Morgan fingerprint density at radius 2 is 2.11 bits per heavy atom. The number of nitro groups is 1. The smallest absolute Gasteiger partial charge is 0.272 e. The van der Waals surface area contributed by atoms with Crippen molar-refractivity contribution in [3.63, 3.8) is 0 Å². The van der Waals surface area contributed by atoms with E-state index >= 15 is 0 Å². The molecule has 0 radical (unpaired) electrons. The molecule has 1 fully saturated rings. The molecule has 2 rings (SSSR count). The van der Waals surface area contributed by atoms with Crippen LogP contribution in [0.3, 0.4) is 0 Å². The quantitative estimate of drug-likeness (QED) is 0.656. The van der Waals surface area contributed by atoms with E-state index in [4.69, 9.17) is 0 Å². The van der Waals surface area contributed by atoms with Gasteiger partial charge in [-0.3, -0.25) is 10.1 Å².